The molecule has 0 aliphatic heterocycles. The minimum absolute atomic E-state index is 0.0982. The fourth-order valence-electron chi connectivity index (χ4n) is 4.11. The van der Waals surface area contributed by atoms with Crippen molar-refractivity contribution in [1.29, 1.82) is 0 Å². The monoisotopic (exact) mass is 415 g/mol. The van der Waals surface area contributed by atoms with Crippen LogP contribution >= 0.6 is 0 Å². The highest BCUT2D eigenvalue weighted by molar-refractivity contribution is 5.83. The van der Waals surface area contributed by atoms with E-state index in [-0.39, 0.29) is 12.5 Å². The summed E-state index contributed by atoms with van der Waals surface area (Å²) in [4.78, 5) is 14.6. The summed E-state index contributed by atoms with van der Waals surface area (Å²) in [6.45, 7) is 2.43. The molecule has 0 fully saturated rings. The van der Waals surface area contributed by atoms with Gasteiger partial charge < -0.3 is 20.7 Å². The fourth-order valence-corrected chi connectivity index (χ4v) is 4.11. The summed E-state index contributed by atoms with van der Waals surface area (Å²) in [5.74, 6) is -0.776. The van der Waals surface area contributed by atoms with E-state index < -0.39 is 5.97 Å². The number of hydrogen-bond donors (Lipinski definition) is 4. The van der Waals surface area contributed by atoms with Crippen LogP contribution in [0.3, 0.4) is 0 Å². The Morgan fingerprint density at radius 2 is 1.74 bits per heavy atom. The number of H-pyrrole nitrogens is 1. The number of fused-ring (bicyclic) bond motifs is 2. The predicted octanol–water partition coefficient (Wildman–Crippen LogP) is 4.13. The van der Waals surface area contributed by atoms with Crippen molar-refractivity contribution in [2.24, 2.45) is 0 Å². The van der Waals surface area contributed by atoms with E-state index in [1.54, 1.807) is 0 Å². The maximum absolute atomic E-state index is 11.3. The lowest BCUT2D eigenvalue weighted by Crippen LogP contribution is -2.38. The lowest BCUT2D eigenvalue weighted by Gasteiger charge is -2.17. The van der Waals surface area contributed by atoms with Crippen LogP contribution in [0.15, 0.2) is 72.9 Å². The van der Waals surface area contributed by atoms with Gasteiger partial charge in [-0.2, -0.15) is 0 Å². The Morgan fingerprint density at radius 1 is 0.935 bits per heavy atom. The van der Waals surface area contributed by atoms with Gasteiger partial charge in [0.1, 0.15) is 0 Å². The number of hydrogen-bond acceptors (Lipinski definition) is 3. The standard InChI is InChI=1S/C26H29N3O2/c30-26(31)17-23(16-22-18-29-25-8-4-3-7-24(22)25)28-14-13-27-12-11-19-9-10-20-5-1-2-6-21(20)15-19/h1-10,15,18,23,27-29H,11-14,16-17H2,(H,30,31)/t23-/m1/s1. The summed E-state index contributed by atoms with van der Waals surface area (Å²) in [6, 6.07) is 23.0. The summed E-state index contributed by atoms with van der Waals surface area (Å²) in [6.07, 6.45) is 3.76. The van der Waals surface area contributed by atoms with Gasteiger partial charge in [-0.05, 0) is 47.4 Å². The van der Waals surface area contributed by atoms with Gasteiger partial charge in [0.15, 0.2) is 0 Å². The van der Waals surface area contributed by atoms with Crippen molar-refractivity contribution in [3.63, 3.8) is 0 Å². The second-order valence-corrected chi connectivity index (χ2v) is 7.99. The molecule has 5 nitrogen and oxygen atoms in total. The third kappa shape index (κ3) is 5.72. The van der Waals surface area contributed by atoms with Crippen LogP contribution in [0.5, 0.6) is 0 Å². The van der Waals surface area contributed by atoms with Crippen LogP contribution in [0.2, 0.25) is 0 Å². The van der Waals surface area contributed by atoms with Crippen LogP contribution in [0.4, 0.5) is 0 Å². The van der Waals surface area contributed by atoms with E-state index in [9.17, 15) is 9.90 Å². The Morgan fingerprint density at radius 3 is 2.61 bits per heavy atom. The Kier molecular flexibility index (Phi) is 6.97. The lowest BCUT2D eigenvalue weighted by atomic mass is 10.0. The number of carboxylic acids is 1. The Bertz CT molecular complexity index is 1150. The Labute approximate surface area is 182 Å². The number of carboxylic acid groups (broad SMARTS) is 1. The molecule has 0 spiro atoms. The van der Waals surface area contributed by atoms with Gasteiger partial charge in [-0.15, -0.1) is 0 Å². The summed E-state index contributed by atoms with van der Waals surface area (Å²) < 4.78 is 0. The maximum atomic E-state index is 11.3. The molecule has 4 rings (SSSR count). The van der Waals surface area contributed by atoms with Crippen LogP contribution in [-0.4, -0.2) is 41.7 Å². The third-order valence-electron chi connectivity index (χ3n) is 5.70. The molecule has 0 unspecified atom stereocenters. The number of aromatic amines is 1. The van der Waals surface area contributed by atoms with Crippen molar-refractivity contribution in [2.45, 2.75) is 25.3 Å². The molecule has 0 amide bonds. The van der Waals surface area contributed by atoms with Gasteiger partial charge in [0, 0.05) is 36.2 Å². The molecule has 0 saturated heterocycles. The second-order valence-electron chi connectivity index (χ2n) is 7.99. The highest BCUT2D eigenvalue weighted by atomic mass is 16.4. The summed E-state index contributed by atoms with van der Waals surface area (Å²) in [5.41, 5.74) is 3.56. The number of aromatic nitrogens is 1. The number of aliphatic carboxylic acids is 1. The van der Waals surface area contributed by atoms with Crippen LogP contribution in [0.25, 0.3) is 21.7 Å². The molecule has 0 aliphatic rings. The van der Waals surface area contributed by atoms with Gasteiger partial charge >= 0.3 is 5.97 Å². The second kappa shape index (κ2) is 10.2. The van der Waals surface area contributed by atoms with Crippen molar-refractivity contribution in [1.82, 2.24) is 15.6 Å². The number of rotatable bonds is 11. The topological polar surface area (TPSA) is 77.1 Å². The van der Waals surface area contributed by atoms with Crippen LogP contribution in [0.1, 0.15) is 17.5 Å². The van der Waals surface area contributed by atoms with E-state index in [2.05, 4.69) is 64.1 Å². The molecule has 0 aliphatic carbocycles. The number of para-hydroxylation sites is 1. The predicted molar refractivity (Wildman–Crippen MR) is 127 cm³/mol. The van der Waals surface area contributed by atoms with E-state index in [0.29, 0.717) is 6.42 Å². The largest absolute Gasteiger partial charge is 0.481 e. The first-order valence-corrected chi connectivity index (χ1v) is 10.9. The molecule has 5 heteroatoms. The van der Waals surface area contributed by atoms with Gasteiger partial charge in [0.25, 0.3) is 0 Å². The molecule has 4 N–H and O–H groups in total. The van der Waals surface area contributed by atoms with Gasteiger partial charge in [-0.25, -0.2) is 0 Å². The molecule has 0 radical (unpaired) electrons. The first kappa shape index (κ1) is 21.1. The highest BCUT2D eigenvalue weighted by Crippen LogP contribution is 2.20. The van der Waals surface area contributed by atoms with Crippen molar-refractivity contribution in [2.75, 3.05) is 19.6 Å². The maximum Gasteiger partial charge on any atom is 0.304 e. The third-order valence-corrected chi connectivity index (χ3v) is 5.70. The summed E-state index contributed by atoms with van der Waals surface area (Å²) in [5, 5.41) is 19.9. The molecule has 1 heterocycles. The lowest BCUT2D eigenvalue weighted by molar-refractivity contribution is -0.137. The summed E-state index contributed by atoms with van der Waals surface area (Å²) >= 11 is 0. The molecular weight excluding hydrogens is 386 g/mol. The van der Waals surface area contributed by atoms with Gasteiger partial charge in [0.05, 0.1) is 6.42 Å². The van der Waals surface area contributed by atoms with Crippen LogP contribution in [-0.2, 0) is 17.6 Å². The van der Waals surface area contributed by atoms with E-state index in [1.165, 1.54) is 16.3 Å². The van der Waals surface area contributed by atoms with Crippen molar-refractivity contribution < 1.29 is 9.90 Å². The smallest absolute Gasteiger partial charge is 0.304 e. The zero-order chi connectivity index (χ0) is 21.5. The molecule has 0 saturated carbocycles. The molecule has 0 bridgehead atoms. The van der Waals surface area contributed by atoms with Crippen LogP contribution < -0.4 is 10.6 Å². The van der Waals surface area contributed by atoms with Crippen molar-refractivity contribution >= 4 is 27.6 Å². The van der Waals surface area contributed by atoms with Crippen LogP contribution in [0, 0.1) is 0 Å². The average Bonchev–Trinajstić information content (AvgIpc) is 3.18. The molecule has 160 valence electrons. The summed E-state index contributed by atoms with van der Waals surface area (Å²) in [7, 11) is 0. The zero-order valence-electron chi connectivity index (χ0n) is 17.6. The number of benzene rings is 3. The first-order chi connectivity index (χ1) is 15.2. The minimum atomic E-state index is -0.776. The average molecular weight is 416 g/mol. The number of carbonyl (C=O) groups is 1. The quantitative estimate of drug-likeness (QED) is 0.278. The Balaban J connectivity index is 1.23. The number of nitrogens with one attached hydrogen (secondary N) is 3. The highest BCUT2D eigenvalue weighted by Gasteiger charge is 2.15. The van der Waals surface area contributed by atoms with Crippen molar-refractivity contribution in [3.05, 3.63) is 84.1 Å². The molecule has 31 heavy (non-hydrogen) atoms. The molecular formula is C26H29N3O2. The van der Waals surface area contributed by atoms with Crippen molar-refractivity contribution in [3.8, 4) is 0 Å². The minimum Gasteiger partial charge on any atom is -0.481 e. The van der Waals surface area contributed by atoms with Gasteiger partial charge in [-0.3, -0.25) is 4.79 Å². The molecule has 3 aromatic carbocycles. The Hall–Kier alpha value is -3.15. The first-order valence-electron chi connectivity index (χ1n) is 10.9. The van der Waals surface area contributed by atoms with Gasteiger partial charge in [-0.1, -0.05) is 60.7 Å². The van der Waals surface area contributed by atoms with E-state index >= 15 is 0 Å². The van der Waals surface area contributed by atoms with E-state index in [0.717, 1.165) is 42.5 Å². The zero-order valence-corrected chi connectivity index (χ0v) is 17.6. The van der Waals surface area contributed by atoms with Gasteiger partial charge in [0.2, 0.25) is 0 Å². The van der Waals surface area contributed by atoms with E-state index in [4.69, 9.17) is 0 Å². The molecule has 4 aromatic rings. The van der Waals surface area contributed by atoms with E-state index in [1.807, 2.05) is 24.4 Å². The SMILES string of the molecule is O=C(O)C[C@@H](Cc1c[nH]c2ccccc12)NCCNCCc1ccc2ccccc2c1. The molecule has 1 aromatic heterocycles. The normalized spacial score (nSPS) is 12.4. The fraction of sp³-hybridized carbons (Fsp3) is 0.269. The molecule has 1 atom stereocenters.